The molecule has 4 nitrogen and oxygen atoms in total. The molecule has 23 heavy (non-hydrogen) atoms. The predicted octanol–water partition coefficient (Wildman–Crippen LogP) is 4.77. The summed E-state index contributed by atoms with van der Waals surface area (Å²) in [5, 5.41) is 0. The lowest BCUT2D eigenvalue weighted by Crippen LogP contribution is -2.16. The maximum Gasteiger partial charge on any atom is 0.265 e. The third-order valence-electron chi connectivity index (χ3n) is 3.32. The zero-order chi connectivity index (χ0) is 17.0. The number of halogens is 1. The van der Waals surface area contributed by atoms with Gasteiger partial charge in [-0.25, -0.2) is 8.42 Å². The van der Waals surface area contributed by atoms with Crippen LogP contribution in [0.3, 0.4) is 0 Å². The van der Waals surface area contributed by atoms with Crippen molar-refractivity contribution >= 4 is 31.6 Å². The highest BCUT2D eigenvalue weighted by Gasteiger charge is 2.21. The fourth-order valence-corrected chi connectivity index (χ4v) is 4.03. The molecule has 2 aromatic rings. The molecule has 124 valence electrons. The monoisotopic (exact) mass is 397 g/mol. The topological polar surface area (TPSA) is 55.4 Å². The van der Waals surface area contributed by atoms with Gasteiger partial charge in [0.15, 0.2) is 0 Å². The van der Waals surface area contributed by atoms with Crippen molar-refractivity contribution in [3.05, 3.63) is 52.5 Å². The van der Waals surface area contributed by atoms with Crippen molar-refractivity contribution in [2.75, 3.05) is 11.3 Å². The first kappa shape index (κ1) is 17.8. The normalized spacial score (nSPS) is 11.5. The molecule has 0 bridgehead atoms. The molecule has 0 saturated heterocycles. The van der Waals surface area contributed by atoms with Gasteiger partial charge in [-0.15, -0.1) is 0 Å². The van der Waals surface area contributed by atoms with E-state index in [2.05, 4.69) is 20.7 Å². The van der Waals surface area contributed by atoms with Crippen LogP contribution in [0.15, 0.2) is 51.8 Å². The molecule has 2 rings (SSSR count). The number of hydrogen-bond donors (Lipinski definition) is 1. The van der Waals surface area contributed by atoms with E-state index in [9.17, 15) is 8.42 Å². The second kappa shape index (κ2) is 7.36. The molecule has 2 aromatic carbocycles. The van der Waals surface area contributed by atoms with Crippen molar-refractivity contribution in [3.8, 4) is 5.75 Å². The largest absolute Gasteiger partial charge is 0.492 e. The molecular weight excluding hydrogens is 378 g/mol. The lowest BCUT2D eigenvalue weighted by Gasteiger charge is -2.16. The molecule has 0 aliphatic heterocycles. The summed E-state index contributed by atoms with van der Waals surface area (Å²) in [6, 6.07) is 12.4. The van der Waals surface area contributed by atoms with Crippen molar-refractivity contribution in [1.29, 1.82) is 0 Å². The minimum Gasteiger partial charge on any atom is -0.492 e. The number of sulfonamides is 1. The van der Waals surface area contributed by atoms with Gasteiger partial charge in [-0.05, 0) is 42.7 Å². The number of benzene rings is 2. The highest BCUT2D eigenvalue weighted by molar-refractivity contribution is 9.10. The summed E-state index contributed by atoms with van der Waals surface area (Å²) in [6.45, 7) is 6.27. The van der Waals surface area contributed by atoms with Crippen LogP contribution in [0.4, 0.5) is 5.69 Å². The second-order valence-corrected chi connectivity index (χ2v) is 7.94. The lowest BCUT2D eigenvalue weighted by atomic mass is 10.0. The molecule has 0 heterocycles. The van der Waals surface area contributed by atoms with Gasteiger partial charge >= 0.3 is 0 Å². The molecule has 0 spiro atoms. The number of rotatable bonds is 6. The first-order valence-corrected chi connectivity index (χ1v) is 9.67. The Labute approximate surface area is 146 Å². The average Bonchev–Trinajstić information content (AvgIpc) is 2.49. The van der Waals surface area contributed by atoms with Gasteiger partial charge in [-0.2, -0.15) is 0 Å². The maximum atomic E-state index is 12.8. The molecule has 0 aliphatic carbocycles. The van der Waals surface area contributed by atoms with Crippen LogP contribution >= 0.6 is 15.9 Å². The van der Waals surface area contributed by atoms with Crippen molar-refractivity contribution in [2.24, 2.45) is 0 Å². The third kappa shape index (κ3) is 4.26. The molecule has 0 atom stereocenters. The van der Waals surface area contributed by atoms with Crippen LogP contribution < -0.4 is 9.46 Å². The van der Waals surface area contributed by atoms with Crippen LogP contribution in [-0.2, 0) is 10.0 Å². The van der Waals surface area contributed by atoms with Gasteiger partial charge in [-0.3, -0.25) is 4.72 Å². The summed E-state index contributed by atoms with van der Waals surface area (Å²) < 4.78 is 34.4. The van der Waals surface area contributed by atoms with Gasteiger partial charge in [0.1, 0.15) is 10.6 Å². The smallest absolute Gasteiger partial charge is 0.265 e. The van der Waals surface area contributed by atoms with Gasteiger partial charge in [-0.1, -0.05) is 48.0 Å². The van der Waals surface area contributed by atoms with E-state index in [1.807, 2.05) is 39.0 Å². The number of para-hydroxylation sites is 1. The van der Waals surface area contributed by atoms with E-state index in [-0.39, 0.29) is 10.8 Å². The van der Waals surface area contributed by atoms with E-state index < -0.39 is 10.0 Å². The predicted molar refractivity (Wildman–Crippen MR) is 96.7 cm³/mol. The summed E-state index contributed by atoms with van der Waals surface area (Å²) in [6.07, 6.45) is 0. The molecule has 0 fully saturated rings. The van der Waals surface area contributed by atoms with Crippen LogP contribution in [0.25, 0.3) is 0 Å². The van der Waals surface area contributed by atoms with Gasteiger partial charge < -0.3 is 4.74 Å². The fourth-order valence-electron chi connectivity index (χ4n) is 2.26. The third-order valence-corrected chi connectivity index (χ3v) is 5.20. The van der Waals surface area contributed by atoms with E-state index in [0.29, 0.717) is 22.5 Å². The summed E-state index contributed by atoms with van der Waals surface area (Å²) in [7, 11) is -3.75. The van der Waals surface area contributed by atoms with Crippen molar-refractivity contribution in [2.45, 2.75) is 31.6 Å². The standard InChI is InChI=1S/C17H20BrNO3S/c1-4-22-16-10-9-13(18)11-17(16)23(20,21)19-15-8-6-5-7-14(15)12(2)3/h5-12,19H,4H2,1-3H3. The maximum absolute atomic E-state index is 12.8. The molecule has 0 amide bonds. The van der Waals surface area contributed by atoms with Crippen LogP contribution in [0.1, 0.15) is 32.3 Å². The van der Waals surface area contributed by atoms with Gasteiger partial charge in [0, 0.05) is 4.47 Å². The first-order valence-electron chi connectivity index (χ1n) is 7.39. The quantitative estimate of drug-likeness (QED) is 0.763. The highest BCUT2D eigenvalue weighted by Crippen LogP contribution is 2.31. The molecular formula is C17H20BrNO3S. The Balaban J connectivity index is 2.46. The number of nitrogens with one attached hydrogen (secondary N) is 1. The SMILES string of the molecule is CCOc1ccc(Br)cc1S(=O)(=O)Nc1ccccc1C(C)C. The van der Waals surface area contributed by atoms with Crippen molar-refractivity contribution < 1.29 is 13.2 Å². The Hall–Kier alpha value is -1.53. The Kier molecular flexibility index (Phi) is 5.70. The second-order valence-electron chi connectivity index (χ2n) is 5.37. The summed E-state index contributed by atoms with van der Waals surface area (Å²) in [5.74, 6) is 0.549. The Morgan fingerprint density at radius 2 is 1.87 bits per heavy atom. The molecule has 1 N–H and O–H groups in total. The molecule has 0 saturated carbocycles. The zero-order valence-electron chi connectivity index (χ0n) is 13.3. The van der Waals surface area contributed by atoms with Crippen LogP contribution in [-0.4, -0.2) is 15.0 Å². The fraction of sp³-hybridized carbons (Fsp3) is 0.294. The lowest BCUT2D eigenvalue weighted by molar-refractivity contribution is 0.331. The molecule has 0 radical (unpaired) electrons. The van der Waals surface area contributed by atoms with Crippen LogP contribution in [0.2, 0.25) is 0 Å². The van der Waals surface area contributed by atoms with E-state index in [1.165, 1.54) is 0 Å². The number of anilines is 1. The van der Waals surface area contributed by atoms with Gasteiger partial charge in [0.05, 0.1) is 12.3 Å². The minimum atomic E-state index is -3.75. The summed E-state index contributed by atoms with van der Waals surface area (Å²) >= 11 is 3.32. The number of hydrogen-bond acceptors (Lipinski definition) is 3. The Bertz CT molecular complexity index is 788. The molecule has 6 heteroatoms. The Morgan fingerprint density at radius 1 is 1.17 bits per heavy atom. The molecule has 0 aromatic heterocycles. The number of ether oxygens (including phenoxy) is 1. The average molecular weight is 398 g/mol. The zero-order valence-corrected chi connectivity index (χ0v) is 15.7. The van der Waals surface area contributed by atoms with Crippen LogP contribution in [0, 0.1) is 0 Å². The van der Waals surface area contributed by atoms with Gasteiger partial charge in [0.25, 0.3) is 10.0 Å². The highest BCUT2D eigenvalue weighted by atomic mass is 79.9. The van der Waals surface area contributed by atoms with Gasteiger partial charge in [0.2, 0.25) is 0 Å². The van der Waals surface area contributed by atoms with Crippen molar-refractivity contribution in [3.63, 3.8) is 0 Å². The summed E-state index contributed by atoms with van der Waals surface area (Å²) in [4.78, 5) is 0.118. The van der Waals surface area contributed by atoms with Crippen molar-refractivity contribution in [1.82, 2.24) is 0 Å². The van der Waals surface area contributed by atoms with E-state index >= 15 is 0 Å². The molecule has 0 unspecified atom stereocenters. The summed E-state index contributed by atoms with van der Waals surface area (Å²) in [5.41, 5.74) is 1.54. The van der Waals surface area contributed by atoms with E-state index in [1.54, 1.807) is 24.3 Å². The Morgan fingerprint density at radius 3 is 2.52 bits per heavy atom. The molecule has 0 aliphatic rings. The van der Waals surface area contributed by atoms with Crippen LogP contribution in [0.5, 0.6) is 5.75 Å². The first-order chi connectivity index (χ1) is 10.8. The van der Waals surface area contributed by atoms with E-state index in [0.717, 1.165) is 5.56 Å². The minimum absolute atomic E-state index is 0.118. The van der Waals surface area contributed by atoms with E-state index in [4.69, 9.17) is 4.74 Å².